The fourth-order valence-electron chi connectivity index (χ4n) is 3.10. The minimum absolute atomic E-state index is 0.284. The summed E-state index contributed by atoms with van der Waals surface area (Å²) in [6.45, 7) is 11.7. The first-order valence-corrected chi connectivity index (χ1v) is 10.5. The summed E-state index contributed by atoms with van der Waals surface area (Å²) in [5.74, 6) is 1.25. The van der Waals surface area contributed by atoms with Gasteiger partial charge in [0.15, 0.2) is 11.5 Å². The molecule has 0 aliphatic heterocycles. The molecule has 2 aromatic carbocycles. The molecule has 0 radical (unpaired) electrons. The molecule has 8 heteroatoms. The van der Waals surface area contributed by atoms with Crippen LogP contribution in [-0.4, -0.2) is 57.9 Å². The van der Waals surface area contributed by atoms with Crippen molar-refractivity contribution in [1.82, 2.24) is 30.4 Å². The summed E-state index contributed by atoms with van der Waals surface area (Å²) >= 11 is 0. The molecule has 0 aliphatic rings. The number of rotatable bonds is 12. The van der Waals surface area contributed by atoms with E-state index in [1.54, 1.807) is 4.68 Å². The average Bonchev–Trinajstić information content (AvgIpc) is 3.24. The Hall–Kier alpha value is -2.97. The number of aromatic nitrogens is 4. The Morgan fingerprint density at radius 1 is 1.00 bits per heavy atom. The first kappa shape index (κ1) is 21.7. The zero-order valence-corrected chi connectivity index (χ0v) is 17.9. The van der Waals surface area contributed by atoms with E-state index >= 15 is 0 Å². The highest BCUT2D eigenvalue weighted by atomic mass is 16.5. The zero-order valence-electron chi connectivity index (χ0n) is 17.9. The van der Waals surface area contributed by atoms with Crippen LogP contribution in [0.25, 0.3) is 5.69 Å². The number of para-hydroxylation sites is 1. The molecule has 1 aromatic heterocycles. The summed E-state index contributed by atoms with van der Waals surface area (Å²) in [7, 11) is 0. The van der Waals surface area contributed by atoms with Crippen LogP contribution in [0.2, 0.25) is 0 Å². The van der Waals surface area contributed by atoms with Crippen LogP contribution in [0.4, 0.5) is 0 Å². The number of benzene rings is 2. The minimum atomic E-state index is 0.284. The van der Waals surface area contributed by atoms with E-state index in [0.29, 0.717) is 18.1 Å². The van der Waals surface area contributed by atoms with Gasteiger partial charge in [-0.2, -0.15) is 4.68 Å². The van der Waals surface area contributed by atoms with Crippen molar-refractivity contribution >= 4 is 0 Å². The minimum Gasteiger partial charge on any atom is -0.490 e. The first-order chi connectivity index (χ1) is 14.7. The van der Waals surface area contributed by atoms with Gasteiger partial charge in [0, 0.05) is 19.6 Å². The number of hydrogen-bond acceptors (Lipinski definition) is 7. The van der Waals surface area contributed by atoms with Crippen LogP contribution in [0.1, 0.15) is 26.3 Å². The van der Waals surface area contributed by atoms with Gasteiger partial charge < -0.3 is 19.7 Å². The number of nitrogens with one attached hydrogen (secondary N) is 1. The number of ether oxygens (including phenoxy) is 2. The van der Waals surface area contributed by atoms with Gasteiger partial charge in [-0.05, 0) is 60.3 Å². The van der Waals surface area contributed by atoms with Crippen LogP contribution in [0.3, 0.4) is 0 Å². The molecular weight excluding hydrogens is 380 g/mol. The maximum atomic E-state index is 6.00. The predicted molar refractivity (Wildman–Crippen MR) is 116 cm³/mol. The van der Waals surface area contributed by atoms with Gasteiger partial charge in [0.1, 0.15) is 0 Å². The lowest BCUT2D eigenvalue weighted by atomic mass is 10.2. The standard InChI is InChI=1S/C22H30N6O2/c1-4-27(5-2)15-14-23-17-18-12-13-20(21(16-18)29-6-3)30-22-24-25-26-28(22)19-10-8-7-9-11-19/h7-13,16,23H,4-6,14-15,17H2,1-3H3. The molecule has 0 spiro atoms. The first-order valence-electron chi connectivity index (χ1n) is 10.5. The van der Waals surface area contributed by atoms with Crippen molar-refractivity contribution in [3.8, 4) is 23.2 Å². The van der Waals surface area contributed by atoms with E-state index in [0.717, 1.165) is 44.0 Å². The van der Waals surface area contributed by atoms with Crippen LogP contribution in [-0.2, 0) is 6.54 Å². The van der Waals surface area contributed by atoms with Crippen LogP contribution in [0.15, 0.2) is 48.5 Å². The van der Waals surface area contributed by atoms with Crippen molar-refractivity contribution in [2.75, 3.05) is 32.8 Å². The van der Waals surface area contributed by atoms with Crippen molar-refractivity contribution < 1.29 is 9.47 Å². The molecule has 8 nitrogen and oxygen atoms in total. The molecule has 0 fully saturated rings. The highest BCUT2D eigenvalue weighted by Crippen LogP contribution is 2.32. The molecule has 0 aliphatic carbocycles. The Balaban J connectivity index is 1.68. The van der Waals surface area contributed by atoms with Crippen molar-refractivity contribution in [3.63, 3.8) is 0 Å². The van der Waals surface area contributed by atoms with Crippen LogP contribution >= 0.6 is 0 Å². The molecule has 3 rings (SSSR count). The fourth-order valence-corrected chi connectivity index (χ4v) is 3.10. The lowest BCUT2D eigenvalue weighted by Gasteiger charge is -2.18. The lowest BCUT2D eigenvalue weighted by Crippen LogP contribution is -2.31. The molecule has 0 amide bonds. The summed E-state index contributed by atoms with van der Waals surface area (Å²) in [6, 6.07) is 15.8. The van der Waals surface area contributed by atoms with Crippen LogP contribution < -0.4 is 14.8 Å². The zero-order chi connectivity index (χ0) is 21.2. The number of hydrogen-bond donors (Lipinski definition) is 1. The van der Waals surface area contributed by atoms with Crippen molar-refractivity contribution in [2.45, 2.75) is 27.3 Å². The second kappa shape index (κ2) is 11.3. The molecule has 160 valence electrons. The molecule has 30 heavy (non-hydrogen) atoms. The highest BCUT2D eigenvalue weighted by Gasteiger charge is 2.14. The molecular formula is C22H30N6O2. The number of tetrazole rings is 1. The summed E-state index contributed by atoms with van der Waals surface area (Å²) in [5, 5.41) is 15.3. The molecule has 0 atom stereocenters. The van der Waals surface area contributed by atoms with E-state index in [1.807, 2.05) is 55.5 Å². The monoisotopic (exact) mass is 410 g/mol. The van der Waals surface area contributed by atoms with E-state index < -0.39 is 0 Å². The third kappa shape index (κ3) is 5.77. The van der Waals surface area contributed by atoms with Crippen molar-refractivity contribution in [1.29, 1.82) is 0 Å². The van der Waals surface area contributed by atoms with Gasteiger partial charge in [0.2, 0.25) is 0 Å². The Labute approximate surface area is 177 Å². The average molecular weight is 411 g/mol. The summed E-state index contributed by atoms with van der Waals surface area (Å²) in [5.41, 5.74) is 1.96. The second-order valence-electron chi connectivity index (χ2n) is 6.73. The van der Waals surface area contributed by atoms with Gasteiger partial charge in [-0.3, -0.25) is 0 Å². The van der Waals surface area contributed by atoms with Gasteiger partial charge in [-0.1, -0.05) is 43.2 Å². The van der Waals surface area contributed by atoms with Gasteiger partial charge >= 0.3 is 6.01 Å². The molecule has 1 heterocycles. The molecule has 0 saturated carbocycles. The quantitative estimate of drug-likeness (QED) is 0.459. The van der Waals surface area contributed by atoms with E-state index in [-0.39, 0.29) is 6.01 Å². The second-order valence-corrected chi connectivity index (χ2v) is 6.73. The topological polar surface area (TPSA) is 77.3 Å². The molecule has 3 aromatic rings. The molecule has 0 unspecified atom stereocenters. The summed E-state index contributed by atoms with van der Waals surface area (Å²) in [6.07, 6.45) is 0. The number of likely N-dealkylation sites (N-methyl/N-ethyl adjacent to an activating group) is 1. The normalized spacial score (nSPS) is 11.1. The molecule has 0 saturated heterocycles. The predicted octanol–water partition coefficient (Wildman–Crippen LogP) is 3.28. The van der Waals surface area contributed by atoms with E-state index in [1.165, 1.54) is 0 Å². The maximum absolute atomic E-state index is 6.00. The van der Waals surface area contributed by atoms with Gasteiger partial charge in [-0.15, -0.1) is 0 Å². The maximum Gasteiger partial charge on any atom is 0.346 e. The fraction of sp³-hybridized carbons (Fsp3) is 0.409. The van der Waals surface area contributed by atoms with Crippen LogP contribution in [0.5, 0.6) is 17.5 Å². The SMILES string of the molecule is CCOc1cc(CNCCN(CC)CC)ccc1Oc1nnnn1-c1ccccc1. The van der Waals surface area contributed by atoms with E-state index in [2.05, 4.69) is 39.6 Å². The third-order valence-corrected chi connectivity index (χ3v) is 4.78. The van der Waals surface area contributed by atoms with E-state index in [4.69, 9.17) is 9.47 Å². The van der Waals surface area contributed by atoms with Gasteiger partial charge in [0.25, 0.3) is 0 Å². The van der Waals surface area contributed by atoms with Gasteiger partial charge in [-0.25, -0.2) is 0 Å². The van der Waals surface area contributed by atoms with Crippen LogP contribution in [0, 0.1) is 0 Å². The van der Waals surface area contributed by atoms with E-state index in [9.17, 15) is 0 Å². The number of nitrogens with zero attached hydrogens (tertiary/aromatic N) is 5. The third-order valence-electron chi connectivity index (χ3n) is 4.78. The smallest absolute Gasteiger partial charge is 0.346 e. The largest absolute Gasteiger partial charge is 0.490 e. The van der Waals surface area contributed by atoms with Gasteiger partial charge in [0.05, 0.1) is 12.3 Å². The summed E-state index contributed by atoms with van der Waals surface area (Å²) < 4.78 is 13.4. The molecule has 1 N–H and O–H groups in total. The van der Waals surface area contributed by atoms with Crippen molar-refractivity contribution in [3.05, 3.63) is 54.1 Å². The molecule has 0 bridgehead atoms. The summed E-state index contributed by atoms with van der Waals surface area (Å²) in [4.78, 5) is 2.40. The Morgan fingerprint density at radius 2 is 1.80 bits per heavy atom. The Bertz CT molecular complexity index is 896. The van der Waals surface area contributed by atoms with Crippen molar-refractivity contribution in [2.24, 2.45) is 0 Å². The Kier molecular flexibility index (Phi) is 8.17. The Morgan fingerprint density at radius 3 is 2.53 bits per heavy atom. The lowest BCUT2D eigenvalue weighted by molar-refractivity contribution is 0.302. The highest BCUT2D eigenvalue weighted by molar-refractivity contribution is 5.44.